The molecule has 1 aromatic carbocycles. The van der Waals surface area contributed by atoms with Gasteiger partial charge < -0.3 is 0 Å². The van der Waals surface area contributed by atoms with Crippen molar-refractivity contribution in [2.45, 2.75) is 0 Å². The fraction of sp³-hybridized carbons (Fsp3) is 0. The highest BCUT2D eigenvalue weighted by Crippen LogP contribution is 2.09. The molecule has 0 aliphatic rings. The molecule has 0 amide bonds. The number of aldehydes is 1. The van der Waals surface area contributed by atoms with Crippen LogP contribution in [0.1, 0.15) is 10.4 Å². The first-order valence-corrected chi connectivity index (χ1v) is 3.90. The van der Waals surface area contributed by atoms with Gasteiger partial charge in [0.05, 0.1) is 5.52 Å². The molecule has 0 saturated heterocycles. The summed E-state index contributed by atoms with van der Waals surface area (Å²) in [6.07, 6.45) is 2.46. The number of hydrogen-bond acceptors (Lipinski definition) is 2. The summed E-state index contributed by atoms with van der Waals surface area (Å²) in [6.45, 7) is 0. The van der Waals surface area contributed by atoms with Gasteiger partial charge in [0.1, 0.15) is 14.1 Å². The Morgan fingerprint density at radius 1 is 1.38 bits per heavy atom. The molecule has 1 aromatic heterocycles. The summed E-state index contributed by atoms with van der Waals surface area (Å²) < 4.78 is 0. The van der Waals surface area contributed by atoms with Crippen LogP contribution in [-0.4, -0.2) is 19.1 Å². The van der Waals surface area contributed by atoms with E-state index in [4.69, 9.17) is 7.85 Å². The number of aromatic nitrogens is 1. The quantitative estimate of drug-likeness (QED) is 0.465. The van der Waals surface area contributed by atoms with Gasteiger partial charge in [-0.05, 0) is 12.1 Å². The molecule has 60 valence electrons. The van der Waals surface area contributed by atoms with Crippen LogP contribution < -0.4 is 5.46 Å². The topological polar surface area (TPSA) is 30.0 Å². The summed E-state index contributed by atoms with van der Waals surface area (Å²) >= 11 is 0. The van der Waals surface area contributed by atoms with Gasteiger partial charge in [-0.3, -0.25) is 9.78 Å². The molecule has 1 heterocycles. The Morgan fingerprint density at radius 3 is 3.00 bits per heavy atom. The summed E-state index contributed by atoms with van der Waals surface area (Å²) in [5.41, 5.74) is 1.87. The first kappa shape index (κ1) is 7.99. The molecule has 0 fully saturated rings. The van der Waals surface area contributed by atoms with Gasteiger partial charge in [-0.25, -0.2) is 0 Å². The predicted octanol–water partition coefficient (Wildman–Crippen LogP) is 0.841. The van der Waals surface area contributed by atoms with Crippen molar-refractivity contribution in [1.82, 2.24) is 4.98 Å². The van der Waals surface area contributed by atoms with Crippen LogP contribution in [0.3, 0.4) is 0 Å². The third kappa shape index (κ3) is 1.33. The van der Waals surface area contributed by atoms with Gasteiger partial charge in [0, 0.05) is 17.1 Å². The normalized spacial score (nSPS) is 10.2. The lowest BCUT2D eigenvalue weighted by atomic mass is 9.91. The molecule has 0 aliphatic heterocycles. The maximum absolute atomic E-state index is 10.5. The van der Waals surface area contributed by atoms with Gasteiger partial charge in [0.25, 0.3) is 0 Å². The number of benzene rings is 1. The predicted molar refractivity (Wildman–Crippen MR) is 52.5 cm³/mol. The molecule has 2 rings (SSSR count). The monoisotopic (exact) mass is 167 g/mol. The highest BCUT2D eigenvalue weighted by Gasteiger charge is 1.99. The largest absolute Gasteiger partial charge is 0.298 e. The van der Waals surface area contributed by atoms with E-state index in [1.54, 1.807) is 18.3 Å². The number of fused-ring (bicyclic) bond motifs is 1. The second kappa shape index (κ2) is 3.01. The molecular weight excluding hydrogens is 161 g/mol. The average molecular weight is 167 g/mol. The highest BCUT2D eigenvalue weighted by atomic mass is 16.1. The molecule has 0 unspecified atom stereocenters. The van der Waals surface area contributed by atoms with E-state index in [9.17, 15) is 4.79 Å². The van der Waals surface area contributed by atoms with E-state index in [0.29, 0.717) is 11.0 Å². The van der Waals surface area contributed by atoms with E-state index in [-0.39, 0.29) is 0 Å². The van der Waals surface area contributed by atoms with Crippen molar-refractivity contribution in [2.24, 2.45) is 0 Å². The zero-order valence-electron chi connectivity index (χ0n) is 6.90. The Hall–Kier alpha value is -1.64. The van der Waals surface area contributed by atoms with Gasteiger partial charge >= 0.3 is 0 Å². The van der Waals surface area contributed by atoms with Crippen molar-refractivity contribution in [1.29, 1.82) is 0 Å². The number of pyridine rings is 1. The first-order chi connectivity index (χ1) is 6.31. The number of rotatable bonds is 1. The minimum Gasteiger partial charge on any atom is -0.298 e. The van der Waals surface area contributed by atoms with E-state index in [1.807, 2.05) is 12.1 Å². The maximum atomic E-state index is 10.5. The van der Waals surface area contributed by atoms with E-state index >= 15 is 0 Å². The SMILES string of the molecule is [B]c1cc(C=O)cc2cccnc12. The standard InChI is InChI=1S/C10H6BNO/c11-9-5-7(6-13)4-8-2-1-3-12-10(8)9/h1-6H. The number of carbonyl (C=O) groups is 1. The van der Waals surface area contributed by atoms with Crippen molar-refractivity contribution in [3.8, 4) is 0 Å². The summed E-state index contributed by atoms with van der Waals surface area (Å²) in [7, 11) is 5.71. The second-order valence-corrected chi connectivity index (χ2v) is 2.80. The summed E-state index contributed by atoms with van der Waals surface area (Å²) in [6, 6.07) is 7.09. The third-order valence-electron chi connectivity index (χ3n) is 1.89. The molecule has 2 aromatic rings. The van der Waals surface area contributed by atoms with E-state index in [2.05, 4.69) is 4.98 Å². The van der Waals surface area contributed by atoms with Crippen LogP contribution in [0.4, 0.5) is 0 Å². The molecule has 13 heavy (non-hydrogen) atoms. The lowest BCUT2D eigenvalue weighted by molar-refractivity contribution is 0.112. The van der Waals surface area contributed by atoms with E-state index < -0.39 is 0 Å². The average Bonchev–Trinajstić information content (AvgIpc) is 2.18. The Balaban J connectivity index is 2.84. The van der Waals surface area contributed by atoms with E-state index in [1.165, 1.54) is 0 Å². The summed E-state index contributed by atoms with van der Waals surface area (Å²) in [5.74, 6) is 0. The van der Waals surface area contributed by atoms with Crippen molar-refractivity contribution in [2.75, 3.05) is 0 Å². The number of nitrogens with zero attached hydrogens (tertiary/aromatic N) is 1. The zero-order chi connectivity index (χ0) is 9.26. The molecule has 0 atom stereocenters. The molecule has 2 radical (unpaired) electrons. The minimum absolute atomic E-state index is 0.542. The molecule has 0 bridgehead atoms. The molecule has 0 N–H and O–H groups in total. The molecular formula is C10H6BNO. The van der Waals surface area contributed by atoms with Crippen LogP contribution in [0.5, 0.6) is 0 Å². The lowest BCUT2D eigenvalue weighted by Gasteiger charge is -2.01. The molecule has 0 aliphatic carbocycles. The Bertz CT molecular complexity index is 467. The molecule has 3 heteroatoms. The first-order valence-electron chi connectivity index (χ1n) is 3.90. The fourth-order valence-electron chi connectivity index (χ4n) is 1.31. The number of carbonyl (C=O) groups excluding carboxylic acids is 1. The third-order valence-corrected chi connectivity index (χ3v) is 1.89. The van der Waals surface area contributed by atoms with Crippen LogP contribution in [-0.2, 0) is 0 Å². The molecule has 0 spiro atoms. The van der Waals surface area contributed by atoms with Gasteiger partial charge in [-0.1, -0.05) is 17.6 Å². The Labute approximate surface area is 77.0 Å². The highest BCUT2D eigenvalue weighted by molar-refractivity contribution is 6.38. The maximum Gasteiger partial charge on any atom is 0.150 e. The smallest absolute Gasteiger partial charge is 0.150 e. The van der Waals surface area contributed by atoms with Crippen LogP contribution in [0.2, 0.25) is 0 Å². The number of hydrogen-bond donors (Lipinski definition) is 0. The summed E-state index contributed by atoms with van der Waals surface area (Å²) in [4.78, 5) is 14.6. The van der Waals surface area contributed by atoms with Crippen molar-refractivity contribution < 1.29 is 4.79 Å². The lowest BCUT2D eigenvalue weighted by Crippen LogP contribution is -2.06. The van der Waals surface area contributed by atoms with Crippen LogP contribution in [0, 0.1) is 0 Å². The Kier molecular flexibility index (Phi) is 1.85. The van der Waals surface area contributed by atoms with Crippen LogP contribution in [0.15, 0.2) is 30.5 Å². The van der Waals surface area contributed by atoms with Crippen molar-refractivity contribution in [3.63, 3.8) is 0 Å². The van der Waals surface area contributed by atoms with Crippen molar-refractivity contribution >= 4 is 30.5 Å². The summed E-state index contributed by atoms with van der Waals surface area (Å²) in [5, 5.41) is 0.893. The van der Waals surface area contributed by atoms with E-state index in [0.717, 1.165) is 17.2 Å². The van der Waals surface area contributed by atoms with Crippen LogP contribution >= 0.6 is 0 Å². The van der Waals surface area contributed by atoms with Crippen molar-refractivity contribution in [3.05, 3.63) is 36.0 Å². The Morgan fingerprint density at radius 2 is 2.23 bits per heavy atom. The fourth-order valence-corrected chi connectivity index (χ4v) is 1.31. The van der Waals surface area contributed by atoms with Gasteiger partial charge in [0.15, 0.2) is 0 Å². The van der Waals surface area contributed by atoms with Gasteiger partial charge in [-0.2, -0.15) is 0 Å². The molecule has 2 nitrogen and oxygen atoms in total. The van der Waals surface area contributed by atoms with Gasteiger partial charge in [-0.15, -0.1) is 0 Å². The molecule has 0 saturated carbocycles. The van der Waals surface area contributed by atoms with Crippen LogP contribution in [0.25, 0.3) is 10.9 Å². The second-order valence-electron chi connectivity index (χ2n) is 2.80. The zero-order valence-corrected chi connectivity index (χ0v) is 6.90. The minimum atomic E-state index is 0.542. The van der Waals surface area contributed by atoms with Gasteiger partial charge in [0.2, 0.25) is 0 Å².